The zero-order valence-corrected chi connectivity index (χ0v) is 18.0. The van der Waals surface area contributed by atoms with Crippen LogP contribution < -0.4 is 15.2 Å². The van der Waals surface area contributed by atoms with E-state index in [-0.39, 0.29) is 12.3 Å². The number of benzene rings is 1. The van der Waals surface area contributed by atoms with Crippen LogP contribution in [0, 0.1) is 19.7 Å². The normalized spacial score (nSPS) is 10.9. The van der Waals surface area contributed by atoms with Crippen LogP contribution >= 0.6 is 0 Å². The highest BCUT2D eigenvalue weighted by Gasteiger charge is 2.17. The van der Waals surface area contributed by atoms with Crippen molar-refractivity contribution in [2.45, 2.75) is 20.5 Å². The Hall–Kier alpha value is -4.08. The van der Waals surface area contributed by atoms with E-state index >= 15 is 0 Å². The molecule has 164 valence electrons. The molecule has 0 aliphatic heterocycles. The van der Waals surface area contributed by atoms with Crippen LogP contribution in [0.15, 0.2) is 47.4 Å². The molecule has 32 heavy (non-hydrogen) atoms. The van der Waals surface area contributed by atoms with Gasteiger partial charge in [-0.15, -0.1) is 0 Å². The molecule has 0 bridgehead atoms. The second-order valence-electron chi connectivity index (χ2n) is 7.15. The van der Waals surface area contributed by atoms with Crippen molar-refractivity contribution in [1.29, 1.82) is 0 Å². The fourth-order valence-electron chi connectivity index (χ4n) is 3.32. The first-order valence-electron chi connectivity index (χ1n) is 9.77. The molecule has 4 rings (SSSR count). The highest BCUT2D eigenvalue weighted by atomic mass is 19.1. The molecule has 0 aliphatic rings. The molecule has 0 fully saturated rings. The van der Waals surface area contributed by atoms with E-state index in [2.05, 4.69) is 20.4 Å². The summed E-state index contributed by atoms with van der Waals surface area (Å²) in [4.78, 5) is 21.1. The first-order chi connectivity index (χ1) is 15.4. The van der Waals surface area contributed by atoms with E-state index in [1.165, 1.54) is 24.0 Å². The third-order valence-corrected chi connectivity index (χ3v) is 4.99. The fourth-order valence-corrected chi connectivity index (χ4v) is 3.32. The van der Waals surface area contributed by atoms with E-state index in [0.717, 1.165) is 15.8 Å². The molecule has 0 amide bonds. The number of nitrogens with zero attached hydrogens (tertiary/aromatic N) is 6. The predicted octanol–water partition coefficient (Wildman–Crippen LogP) is 2.77. The lowest BCUT2D eigenvalue weighted by molar-refractivity contribution is 0.282. The van der Waals surface area contributed by atoms with Crippen molar-refractivity contribution in [1.82, 2.24) is 29.8 Å². The summed E-state index contributed by atoms with van der Waals surface area (Å²) < 4.78 is 27.0. The number of pyridine rings is 2. The molecule has 0 atom stereocenters. The second-order valence-corrected chi connectivity index (χ2v) is 7.15. The molecule has 0 spiro atoms. The number of halogens is 1. The minimum atomic E-state index is -0.397. The van der Waals surface area contributed by atoms with E-state index in [9.17, 15) is 9.18 Å². The first kappa shape index (κ1) is 21.2. The van der Waals surface area contributed by atoms with Crippen molar-refractivity contribution >= 4 is 0 Å². The van der Waals surface area contributed by atoms with Crippen LogP contribution in [-0.4, -0.2) is 36.9 Å². The van der Waals surface area contributed by atoms with Gasteiger partial charge in [-0.3, -0.25) is 4.98 Å². The summed E-state index contributed by atoms with van der Waals surface area (Å²) in [6, 6.07) is 10.1. The first-order valence-corrected chi connectivity index (χ1v) is 9.77. The Morgan fingerprint density at radius 1 is 1.12 bits per heavy atom. The van der Waals surface area contributed by atoms with Crippen molar-refractivity contribution in [3.05, 3.63) is 75.7 Å². The molecule has 3 heterocycles. The number of hydrogen-bond acceptors (Lipinski definition) is 7. The van der Waals surface area contributed by atoms with Crippen molar-refractivity contribution in [3.63, 3.8) is 0 Å². The van der Waals surface area contributed by atoms with Gasteiger partial charge in [0, 0.05) is 18.2 Å². The summed E-state index contributed by atoms with van der Waals surface area (Å²) >= 11 is 0. The molecule has 4 aromatic rings. The van der Waals surface area contributed by atoms with Gasteiger partial charge < -0.3 is 9.47 Å². The van der Waals surface area contributed by atoms with Crippen molar-refractivity contribution in [3.8, 4) is 28.6 Å². The fraction of sp³-hybridized carbons (Fsp3) is 0.227. The van der Waals surface area contributed by atoms with Crippen LogP contribution in [0.25, 0.3) is 16.9 Å². The predicted molar refractivity (Wildman–Crippen MR) is 114 cm³/mol. The number of tetrazole rings is 1. The lowest BCUT2D eigenvalue weighted by Gasteiger charge is -2.16. The van der Waals surface area contributed by atoms with Crippen molar-refractivity contribution in [2.24, 2.45) is 7.05 Å². The van der Waals surface area contributed by atoms with Gasteiger partial charge in [0.05, 0.1) is 35.9 Å². The number of ether oxygens (including phenoxy) is 2. The van der Waals surface area contributed by atoms with E-state index in [0.29, 0.717) is 34.3 Å². The Kier molecular flexibility index (Phi) is 5.67. The maximum atomic E-state index is 13.2. The van der Waals surface area contributed by atoms with Crippen LogP contribution in [0.2, 0.25) is 0 Å². The van der Waals surface area contributed by atoms with Gasteiger partial charge in [0.25, 0.3) is 0 Å². The molecule has 3 aromatic heterocycles. The molecule has 0 saturated carbocycles. The highest BCUT2D eigenvalue weighted by molar-refractivity contribution is 5.63. The number of hydrogen-bond donors (Lipinski definition) is 0. The molecule has 9 nitrogen and oxygen atoms in total. The van der Waals surface area contributed by atoms with Crippen LogP contribution in [0.5, 0.6) is 11.6 Å². The SMILES string of the molecule is COc1cccc(-n2nnn(C)c2=O)c1COc1nc(C)c(-c2ccc(F)cn2)cc1C. The summed E-state index contributed by atoms with van der Waals surface area (Å²) in [5.41, 5.74) is 3.63. The topological polar surface area (TPSA) is 97.0 Å². The Morgan fingerprint density at radius 2 is 1.94 bits per heavy atom. The molecular formula is C22H21FN6O3. The summed E-state index contributed by atoms with van der Waals surface area (Å²) in [6.07, 6.45) is 1.17. The summed E-state index contributed by atoms with van der Waals surface area (Å²) in [5, 5.41) is 7.69. The monoisotopic (exact) mass is 436 g/mol. The number of rotatable bonds is 6. The van der Waals surface area contributed by atoms with Crippen molar-refractivity contribution in [2.75, 3.05) is 7.11 Å². The Labute approximate surface area is 183 Å². The minimum Gasteiger partial charge on any atom is -0.496 e. The molecule has 0 radical (unpaired) electrons. The van der Waals surface area contributed by atoms with E-state index in [1.54, 1.807) is 31.4 Å². The molecule has 0 aliphatic carbocycles. The minimum absolute atomic E-state index is 0.0871. The van der Waals surface area contributed by atoms with Gasteiger partial charge in [0.1, 0.15) is 18.2 Å². The molecule has 0 saturated heterocycles. The average Bonchev–Trinajstić information content (AvgIpc) is 3.12. The smallest absolute Gasteiger partial charge is 0.368 e. The second kappa shape index (κ2) is 8.58. The van der Waals surface area contributed by atoms with Crippen LogP contribution in [-0.2, 0) is 13.7 Å². The third kappa shape index (κ3) is 3.94. The molecule has 0 unspecified atom stereocenters. The van der Waals surface area contributed by atoms with Gasteiger partial charge >= 0.3 is 5.69 Å². The number of aryl methyl sites for hydroxylation is 3. The summed E-state index contributed by atoms with van der Waals surface area (Å²) in [6.45, 7) is 3.79. The van der Waals surface area contributed by atoms with Gasteiger partial charge in [-0.1, -0.05) is 6.07 Å². The molecule has 10 heteroatoms. The number of methoxy groups -OCH3 is 1. The maximum absolute atomic E-state index is 13.2. The third-order valence-electron chi connectivity index (χ3n) is 4.99. The Balaban J connectivity index is 1.67. The van der Waals surface area contributed by atoms with Crippen LogP contribution in [0.3, 0.4) is 0 Å². The summed E-state index contributed by atoms with van der Waals surface area (Å²) in [5.74, 6) is 0.573. The quantitative estimate of drug-likeness (QED) is 0.458. The van der Waals surface area contributed by atoms with Gasteiger partial charge in [-0.05, 0) is 54.6 Å². The van der Waals surface area contributed by atoms with Gasteiger partial charge in [-0.2, -0.15) is 9.36 Å². The number of aromatic nitrogens is 6. The molecular weight excluding hydrogens is 415 g/mol. The molecule has 0 N–H and O–H groups in total. The van der Waals surface area contributed by atoms with Crippen LogP contribution in [0.4, 0.5) is 4.39 Å². The van der Waals surface area contributed by atoms with Crippen LogP contribution in [0.1, 0.15) is 16.8 Å². The highest BCUT2D eigenvalue weighted by Crippen LogP contribution is 2.29. The summed E-state index contributed by atoms with van der Waals surface area (Å²) in [7, 11) is 3.07. The average molecular weight is 436 g/mol. The van der Waals surface area contributed by atoms with Crippen molar-refractivity contribution < 1.29 is 13.9 Å². The maximum Gasteiger partial charge on any atom is 0.368 e. The molecule has 1 aromatic carbocycles. The van der Waals surface area contributed by atoms with Gasteiger partial charge in [0.2, 0.25) is 5.88 Å². The van der Waals surface area contributed by atoms with Gasteiger partial charge in [0.15, 0.2) is 0 Å². The largest absolute Gasteiger partial charge is 0.496 e. The standard InChI is InChI=1S/C22H21FN6O3/c1-13-10-16(18-9-8-15(23)11-24-18)14(2)25-21(13)32-12-17-19(6-5-7-20(17)31-4)29-22(30)28(3)26-27-29/h5-11H,12H2,1-4H3. The Bertz CT molecular complexity index is 1330. The zero-order chi connectivity index (χ0) is 22.8. The zero-order valence-electron chi connectivity index (χ0n) is 18.0. The van der Waals surface area contributed by atoms with E-state index < -0.39 is 5.82 Å². The van der Waals surface area contributed by atoms with E-state index in [1.807, 2.05) is 19.9 Å². The van der Waals surface area contributed by atoms with Gasteiger partial charge in [-0.25, -0.2) is 14.2 Å². The Morgan fingerprint density at radius 3 is 2.59 bits per heavy atom. The lowest BCUT2D eigenvalue weighted by Crippen LogP contribution is -2.23. The van der Waals surface area contributed by atoms with E-state index in [4.69, 9.17) is 9.47 Å². The lowest BCUT2D eigenvalue weighted by atomic mass is 10.1.